The first-order valence-electron chi connectivity index (χ1n) is 8.65. The molecule has 2 aromatic rings. The van der Waals surface area contributed by atoms with Gasteiger partial charge in [-0.15, -0.1) is 12.4 Å². The number of methoxy groups -OCH3 is 1. The second-order valence-corrected chi connectivity index (χ2v) is 6.23. The Morgan fingerprint density at radius 1 is 1.19 bits per heavy atom. The van der Waals surface area contributed by atoms with Crippen LogP contribution in [0.25, 0.3) is 0 Å². The Bertz CT molecular complexity index is 753. The van der Waals surface area contributed by atoms with Crippen LogP contribution in [0.5, 0.6) is 5.75 Å². The summed E-state index contributed by atoms with van der Waals surface area (Å²) in [6.07, 6.45) is 0.107. The molecule has 1 fully saturated rings. The van der Waals surface area contributed by atoms with Gasteiger partial charge in [0.25, 0.3) is 0 Å². The summed E-state index contributed by atoms with van der Waals surface area (Å²) < 4.78 is 5.10. The Hall–Kier alpha value is -2.57. The van der Waals surface area contributed by atoms with E-state index in [1.165, 1.54) is 0 Å². The molecule has 0 aromatic heterocycles. The number of piperazine rings is 1. The van der Waals surface area contributed by atoms with Gasteiger partial charge in [0.15, 0.2) is 0 Å². The fourth-order valence-corrected chi connectivity index (χ4v) is 2.98. The van der Waals surface area contributed by atoms with Crippen molar-refractivity contribution in [1.82, 2.24) is 10.2 Å². The highest BCUT2D eigenvalue weighted by molar-refractivity contribution is 5.95. The van der Waals surface area contributed by atoms with Gasteiger partial charge in [0.05, 0.1) is 19.6 Å². The third-order valence-corrected chi connectivity index (χ3v) is 4.36. The zero-order chi connectivity index (χ0) is 18.4. The fourth-order valence-electron chi connectivity index (χ4n) is 2.98. The van der Waals surface area contributed by atoms with Crippen molar-refractivity contribution in [1.29, 1.82) is 0 Å². The van der Waals surface area contributed by atoms with Crippen molar-refractivity contribution in [3.8, 4) is 5.75 Å². The number of halogens is 1. The molecule has 1 atom stereocenters. The third-order valence-electron chi connectivity index (χ3n) is 4.36. The van der Waals surface area contributed by atoms with Crippen molar-refractivity contribution < 1.29 is 14.3 Å². The summed E-state index contributed by atoms with van der Waals surface area (Å²) in [6, 6.07) is 16.5. The van der Waals surface area contributed by atoms with Crippen LogP contribution < -0.4 is 15.4 Å². The minimum atomic E-state index is -0.495. The maximum atomic E-state index is 12.7. The van der Waals surface area contributed by atoms with Gasteiger partial charge >= 0.3 is 0 Å². The zero-order valence-corrected chi connectivity index (χ0v) is 16.0. The predicted octanol–water partition coefficient (Wildman–Crippen LogP) is 2.45. The normalized spacial score (nSPS) is 16.4. The van der Waals surface area contributed by atoms with Gasteiger partial charge in [-0.05, 0) is 29.8 Å². The van der Waals surface area contributed by atoms with Crippen molar-refractivity contribution >= 4 is 29.9 Å². The van der Waals surface area contributed by atoms with Gasteiger partial charge in [-0.25, -0.2) is 0 Å². The van der Waals surface area contributed by atoms with E-state index < -0.39 is 6.04 Å². The first-order valence-corrected chi connectivity index (χ1v) is 8.65. The monoisotopic (exact) mass is 389 g/mol. The number of ether oxygens (including phenoxy) is 1. The van der Waals surface area contributed by atoms with E-state index in [9.17, 15) is 9.59 Å². The van der Waals surface area contributed by atoms with Gasteiger partial charge in [-0.3, -0.25) is 9.59 Å². The molecule has 2 aromatic carbocycles. The van der Waals surface area contributed by atoms with E-state index in [-0.39, 0.29) is 30.6 Å². The van der Waals surface area contributed by atoms with Gasteiger partial charge < -0.3 is 20.3 Å². The summed E-state index contributed by atoms with van der Waals surface area (Å²) in [6.45, 7) is 1.89. The molecule has 2 N–H and O–H groups in total. The summed E-state index contributed by atoms with van der Waals surface area (Å²) in [5.74, 6) is 0.497. The molecule has 0 radical (unpaired) electrons. The van der Waals surface area contributed by atoms with E-state index in [1.54, 1.807) is 36.3 Å². The molecule has 1 saturated heterocycles. The van der Waals surface area contributed by atoms with Crippen LogP contribution in [0.15, 0.2) is 54.6 Å². The Morgan fingerprint density at radius 2 is 1.89 bits per heavy atom. The second kappa shape index (κ2) is 9.94. The van der Waals surface area contributed by atoms with Gasteiger partial charge in [-0.1, -0.05) is 30.3 Å². The molecular formula is C20H24ClN3O3. The quantitative estimate of drug-likeness (QED) is 0.796. The van der Waals surface area contributed by atoms with Crippen molar-refractivity contribution in [2.24, 2.45) is 0 Å². The summed E-state index contributed by atoms with van der Waals surface area (Å²) in [5, 5.41) is 5.97. The lowest BCUT2D eigenvalue weighted by molar-refractivity contribution is -0.138. The van der Waals surface area contributed by atoms with E-state index in [4.69, 9.17) is 4.74 Å². The van der Waals surface area contributed by atoms with Crippen molar-refractivity contribution in [2.45, 2.75) is 19.0 Å². The van der Waals surface area contributed by atoms with Gasteiger partial charge in [0.1, 0.15) is 5.75 Å². The lowest BCUT2D eigenvalue weighted by atomic mass is 10.1. The lowest BCUT2D eigenvalue weighted by Crippen LogP contribution is -2.55. The molecule has 1 unspecified atom stereocenters. The molecule has 7 heteroatoms. The second-order valence-electron chi connectivity index (χ2n) is 6.23. The van der Waals surface area contributed by atoms with Crippen LogP contribution in [0.4, 0.5) is 5.69 Å². The molecule has 144 valence electrons. The Morgan fingerprint density at radius 3 is 2.56 bits per heavy atom. The number of benzene rings is 2. The Kier molecular flexibility index (Phi) is 7.64. The zero-order valence-electron chi connectivity index (χ0n) is 15.2. The Balaban J connectivity index is 0.00000261. The van der Waals surface area contributed by atoms with E-state index in [2.05, 4.69) is 10.6 Å². The molecule has 3 rings (SSSR count). The van der Waals surface area contributed by atoms with Crippen LogP contribution in [0.2, 0.25) is 0 Å². The molecule has 2 amide bonds. The molecule has 6 nitrogen and oxygen atoms in total. The molecule has 0 bridgehead atoms. The smallest absolute Gasteiger partial charge is 0.240 e. The number of carbonyl (C=O) groups is 2. The highest BCUT2D eigenvalue weighted by Crippen LogP contribution is 2.16. The number of amides is 2. The molecule has 1 heterocycles. The predicted molar refractivity (Wildman–Crippen MR) is 107 cm³/mol. The molecule has 0 saturated carbocycles. The minimum absolute atomic E-state index is 0. The number of hydrogen-bond acceptors (Lipinski definition) is 4. The van der Waals surface area contributed by atoms with Crippen molar-refractivity contribution in [3.63, 3.8) is 0 Å². The molecule has 27 heavy (non-hydrogen) atoms. The topological polar surface area (TPSA) is 70.7 Å². The highest BCUT2D eigenvalue weighted by atomic mass is 35.5. The fraction of sp³-hybridized carbons (Fsp3) is 0.300. The number of nitrogens with zero attached hydrogens (tertiary/aromatic N) is 1. The minimum Gasteiger partial charge on any atom is -0.497 e. The van der Waals surface area contributed by atoms with E-state index in [0.717, 1.165) is 11.3 Å². The van der Waals surface area contributed by atoms with Crippen LogP contribution in [0.3, 0.4) is 0 Å². The average Bonchev–Trinajstić information content (AvgIpc) is 2.66. The number of anilines is 1. The first-order chi connectivity index (χ1) is 12.7. The van der Waals surface area contributed by atoms with Crippen LogP contribution in [0.1, 0.15) is 12.0 Å². The highest BCUT2D eigenvalue weighted by Gasteiger charge is 2.30. The standard InChI is InChI=1S/C20H23N3O3.ClH/c1-26-17-9-7-16(8-10-17)22-19(24)13-18-20(25)23(12-11-21-18)14-15-5-3-2-4-6-15;/h2-10,18,21H,11-14H2,1H3,(H,22,24);1H. The van der Waals surface area contributed by atoms with E-state index >= 15 is 0 Å². The third kappa shape index (κ3) is 5.70. The summed E-state index contributed by atoms with van der Waals surface area (Å²) >= 11 is 0. The maximum absolute atomic E-state index is 12.7. The van der Waals surface area contributed by atoms with E-state index in [1.807, 2.05) is 30.3 Å². The first kappa shape index (κ1) is 20.7. The van der Waals surface area contributed by atoms with Gasteiger partial charge in [-0.2, -0.15) is 0 Å². The SMILES string of the molecule is COc1ccc(NC(=O)CC2NCCN(Cc3ccccc3)C2=O)cc1.Cl. The van der Waals surface area contributed by atoms with Crippen LogP contribution in [-0.2, 0) is 16.1 Å². The van der Waals surface area contributed by atoms with Crippen molar-refractivity contribution in [2.75, 3.05) is 25.5 Å². The average molecular weight is 390 g/mol. The van der Waals surface area contributed by atoms with E-state index in [0.29, 0.717) is 25.3 Å². The maximum Gasteiger partial charge on any atom is 0.240 e. The number of hydrogen-bond donors (Lipinski definition) is 2. The molecule has 1 aliphatic heterocycles. The van der Waals surface area contributed by atoms with Crippen molar-refractivity contribution in [3.05, 3.63) is 60.2 Å². The largest absolute Gasteiger partial charge is 0.497 e. The van der Waals surface area contributed by atoms with Gasteiger partial charge in [0, 0.05) is 25.3 Å². The summed E-state index contributed by atoms with van der Waals surface area (Å²) in [7, 11) is 1.59. The van der Waals surface area contributed by atoms with Crippen LogP contribution >= 0.6 is 12.4 Å². The lowest BCUT2D eigenvalue weighted by Gasteiger charge is -2.33. The summed E-state index contributed by atoms with van der Waals surface area (Å²) in [4.78, 5) is 26.8. The number of carbonyl (C=O) groups excluding carboxylic acids is 2. The Labute approximate surface area is 165 Å². The van der Waals surface area contributed by atoms with Crippen LogP contribution in [-0.4, -0.2) is 43.0 Å². The molecule has 0 spiro atoms. The molecule has 1 aliphatic rings. The van der Waals surface area contributed by atoms with Gasteiger partial charge in [0.2, 0.25) is 11.8 Å². The summed E-state index contributed by atoms with van der Waals surface area (Å²) in [5.41, 5.74) is 1.77. The molecule has 0 aliphatic carbocycles. The van der Waals surface area contributed by atoms with Crippen LogP contribution in [0, 0.1) is 0 Å². The molecular weight excluding hydrogens is 366 g/mol. The number of nitrogens with one attached hydrogen (secondary N) is 2. The number of rotatable bonds is 6.